The topological polar surface area (TPSA) is 913 Å². The molecule has 0 aromatic heterocycles. The van der Waals surface area contributed by atoms with E-state index in [2.05, 4.69) is 42.5 Å². The third-order valence-electron chi connectivity index (χ3n) is 16.4. The Hall–Kier alpha value is -5.52. The zero-order valence-electron chi connectivity index (χ0n) is 76.9. The average molecular weight is 2060 g/mol. The number of hydrogen-bond donors (Lipinski definition) is 30. The van der Waals surface area contributed by atoms with Crippen LogP contribution in [0.1, 0.15) is 189 Å². The molecule has 0 aromatic rings. The maximum atomic E-state index is 11.4. The number of carbonyl (C=O) groups is 8. The van der Waals surface area contributed by atoms with Gasteiger partial charge in [-0.25, -0.2) is 32.9 Å². The van der Waals surface area contributed by atoms with Gasteiger partial charge in [0.2, 0.25) is 11.8 Å². The predicted molar refractivity (Wildman–Crippen MR) is 478 cm³/mol. The van der Waals surface area contributed by atoms with Crippen LogP contribution < -0.4 is 86.9 Å². The van der Waals surface area contributed by atoms with Crippen molar-refractivity contribution in [3.8, 4) is 0 Å². The van der Waals surface area contributed by atoms with Crippen molar-refractivity contribution in [2.75, 3.05) is 98.4 Å². The lowest BCUT2D eigenvalue weighted by Gasteiger charge is -2.29. The quantitative estimate of drug-likeness (QED) is 0.0122. The molecule has 0 aliphatic rings. The highest BCUT2D eigenvalue weighted by Gasteiger charge is 2.33. The van der Waals surface area contributed by atoms with E-state index in [-0.39, 0.29) is 172 Å². The molecule has 780 valence electrons. The van der Waals surface area contributed by atoms with Crippen molar-refractivity contribution in [1.29, 1.82) is 0 Å². The fraction of sp³-hybridized carbons (Fsp3) is 0.882. The lowest BCUT2D eigenvalue weighted by molar-refractivity contribution is -0.134. The molecule has 8 amide bonds. The van der Waals surface area contributed by atoms with Gasteiger partial charge in [0, 0.05) is 0 Å². The maximum Gasteiger partial charge on any atom is 0.264 e. The zero-order valence-corrected chi connectivity index (χ0v) is 83.5. The summed E-state index contributed by atoms with van der Waals surface area (Å²) in [5, 5.41) is 73.7. The Labute approximate surface area is 765 Å². The highest BCUT2D eigenvalue weighted by Crippen LogP contribution is 2.21. The van der Waals surface area contributed by atoms with Gasteiger partial charge in [0.25, 0.3) is 116 Å². The molecule has 0 fully saturated rings. The normalized spacial score (nSPS) is 14.0. The first-order valence-electron chi connectivity index (χ1n) is 40.4. The Bertz CT molecular complexity index is 3890. The van der Waals surface area contributed by atoms with E-state index in [0.29, 0.717) is 25.9 Å². The summed E-state index contributed by atoms with van der Waals surface area (Å²) in [6, 6.07) is -4.54. The third-order valence-corrected chi connectivity index (χ3v) is 22.8. The lowest BCUT2D eigenvalue weighted by atomic mass is 9.86. The van der Waals surface area contributed by atoms with Crippen LogP contribution in [0.2, 0.25) is 0 Å². The number of carbonyl (C=O) groups excluding carboxylic acids is 8. The van der Waals surface area contributed by atoms with Gasteiger partial charge < -0.3 is 54.0 Å². The monoisotopic (exact) mass is 2060 g/mol. The molecular formula is C68H152N16O38S8. The molecule has 62 heteroatoms. The number of hydrogen-bond acceptors (Lipinski definition) is 38. The molecule has 130 heavy (non-hydrogen) atoms. The van der Waals surface area contributed by atoms with Crippen molar-refractivity contribution >= 4 is 128 Å². The smallest absolute Gasteiger partial charge is 0.264 e. The maximum absolute atomic E-state index is 11.4. The van der Waals surface area contributed by atoms with E-state index in [1.807, 2.05) is 96.9 Å². The molecule has 32 N–H and O–H groups in total. The zero-order chi connectivity index (χ0) is 104. The van der Waals surface area contributed by atoms with Crippen LogP contribution in [0, 0.1) is 46.3 Å². The number of hydroxylamine groups is 6. The van der Waals surface area contributed by atoms with Crippen LogP contribution in [0.4, 0.5) is 0 Å². The Morgan fingerprint density at radius 2 is 0.400 bits per heavy atom. The molecular weight excluding hydrogens is 1910 g/mol. The van der Waals surface area contributed by atoms with Crippen molar-refractivity contribution in [2.45, 2.75) is 237 Å². The minimum Gasteiger partial charge on any atom is -0.368 e. The molecule has 0 saturated heterocycles. The first-order chi connectivity index (χ1) is 58.7. The van der Waals surface area contributed by atoms with Crippen molar-refractivity contribution in [1.82, 2.24) is 75.4 Å². The van der Waals surface area contributed by atoms with E-state index in [4.69, 9.17) is 79.1 Å². The number of nitrogens with one attached hydrogen (secondary N) is 14. The van der Waals surface area contributed by atoms with Gasteiger partial charge in [0.1, 0.15) is 0 Å². The lowest BCUT2D eigenvalue weighted by Crippen LogP contribution is -2.51. The largest absolute Gasteiger partial charge is 0.368 e. The molecule has 0 aromatic carbocycles. The summed E-state index contributed by atoms with van der Waals surface area (Å²) >= 11 is 0. The van der Waals surface area contributed by atoms with Crippen LogP contribution in [0.3, 0.4) is 0 Å². The van der Waals surface area contributed by atoms with Crippen molar-refractivity contribution < 1.29 is 173 Å². The molecule has 0 radical (unpaired) electrons. The second-order valence-corrected chi connectivity index (χ2v) is 45.8. The van der Waals surface area contributed by atoms with Crippen LogP contribution in [0.15, 0.2) is 0 Å². The summed E-state index contributed by atoms with van der Waals surface area (Å²) in [6.07, 6.45) is 2.70. The SMILES string of the molecule is CC(C)(C)[C@@H](NCCCS(=O)(=O)O)C(=O)NO.CC(C)(C)[C@H](NCCCS(=O)(=O)O)C(=O)NO.CC(C)C[C@@H](NCCCS(=O)(=O)O)C(=O)NO.CC(C)C[C@H](NCCCS(=O)(=O)O)C(=O)NO.CC(C)[C@@H](NCCCS(=O)(=O)O)C(=O)NO.CC(C)[C@@H](NCCCS(=O)(=O)O)C(N)=O.CC(C)[C@H](NCCCS(=O)(=O)O)C(=O)NO.CC(C)[C@H](NCCCS(=O)(=O)O)C(N)=O. The Kier molecular flexibility index (Phi) is 77.4. The van der Waals surface area contributed by atoms with Crippen LogP contribution in [0.5, 0.6) is 0 Å². The highest BCUT2D eigenvalue weighted by molar-refractivity contribution is 7.87. The number of amides is 8. The van der Waals surface area contributed by atoms with Gasteiger partial charge in [-0.05, 0) is 163 Å². The molecule has 54 nitrogen and oxygen atoms in total. The van der Waals surface area contributed by atoms with Crippen molar-refractivity contribution in [3.05, 3.63) is 0 Å². The van der Waals surface area contributed by atoms with Gasteiger partial charge in [-0.2, -0.15) is 67.3 Å². The molecule has 0 spiro atoms. The van der Waals surface area contributed by atoms with E-state index in [9.17, 15) is 106 Å². The molecule has 0 aliphatic carbocycles. The van der Waals surface area contributed by atoms with Crippen LogP contribution >= 0.6 is 0 Å². The van der Waals surface area contributed by atoms with Crippen LogP contribution in [-0.2, 0) is 119 Å². The summed E-state index contributed by atoms with van der Waals surface area (Å²) in [5.41, 5.74) is 18.7. The van der Waals surface area contributed by atoms with Gasteiger partial charge in [0.05, 0.1) is 94.4 Å². The first-order valence-corrected chi connectivity index (χ1v) is 53.3. The number of primary amides is 2. The van der Waals surface area contributed by atoms with E-state index in [1.54, 1.807) is 49.6 Å². The minimum absolute atomic E-state index is 0.0436. The van der Waals surface area contributed by atoms with Gasteiger partial charge in [0.15, 0.2) is 0 Å². The highest BCUT2D eigenvalue weighted by atomic mass is 32.2. The first kappa shape index (κ1) is 140. The van der Waals surface area contributed by atoms with Gasteiger partial charge in [-0.1, -0.05) is 125 Å². The molecule has 0 rings (SSSR count). The van der Waals surface area contributed by atoms with E-state index < -0.39 is 187 Å². The molecule has 0 aliphatic heterocycles. The van der Waals surface area contributed by atoms with Crippen LogP contribution in [0.25, 0.3) is 0 Å². The summed E-state index contributed by atoms with van der Waals surface area (Å²) in [5.74, 6) is -6.57. The summed E-state index contributed by atoms with van der Waals surface area (Å²) in [6.45, 7) is 35.3. The molecule has 0 bridgehead atoms. The average Bonchev–Trinajstić information content (AvgIpc) is 0.866. The summed E-state index contributed by atoms with van der Waals surface area (Å²) in [4.78, 5) is 89.4. The standard InChI is InChI=1S/4C9H20N2O5S.2C8H18N2O5S.2C8H18N2O4S/c2*1-9(2,3)7(8(12)11-13)10-5-4-6-17(14,15)16;2*1-7(2)6-8(9(12)11-13)10-4-3-5-17(14,15)16;2*1-6(2)7(8(11)10-12)9-4-3-5-16(13,14)15;2*1-6(2)7(8(9)11)10-4-3-5-15(12,13)14/h2*7,10,13H,4-6H2,1-3H3,(H,11,12)(H,14,15,16);2*7-8,10,13H,3-6H2,1-2H3,(H,11,12)(H,14,15,16);2*6-7,9,12H,3-5H2,1-2H3,(H,10,11)(H,13,14,15);2*6-7,10H,3-5H2,1-2H3,(H2,9,11)(H,12,13,14)/t2*7-;2*8-;4*7-/m10101010/s1. The molecule has 0 saturated carbocycles. The van der Waals surface area contributed by atoms with Gasteiger partial charge in [-0.15, -0.1) is 0 Å². The van der Waals surface area contributed by atoms with Gasteiger partial charge in [-0.3, -0.25) is 106 Å². The van der Waals surface area contributed by atoms with Crippen molar-refractivity contribution in [2.24, 2.45) is 57.8 Å². The van der Waals surface area contributed by atoms with Crippen LogP contribution in [-0.4, -0.2) is 329 Å². The van der Waals surface area contributed by atoms with Gasteiger partial charge >= 0.3 is 0 Å². The van der Waals surface area contributed by atoms with E-state index in [1.165, 1.54) is 11.0 Å². The number of nitrogens with two attached hydrogens (primary N) is 2. The van der Waals surface area contributed by atoms with Crippen molar-refractivity contribution in [3.63, 3.8) is 0 Å². The van der Waals surface area contributed by atoms with E-state index in [0.717, 1.165) is 0 Å². The minimum atomic E-state index is -3.97. The molecule has 0 heterocycles. The summed E-state index contributed by atoms with van der Waals surface area (Å²) < 4.78 is 235. The summed E-state index contributed by atoms with van der Waals surface area (Å²) in [7, 11) is -31.6. The Morgan fingerprint density at radius 3 is 0.531 bits per heavy atom. The Morgan fingerprint density at radius 1 is 0.246 bits per heavy atom. The molecule has 0 unspecified atom stereocenters. The van der Waals surface area contributed by atoms with E-state index >= 15 is 0 Å². The fourth-order valence-electron chi connectivity index (χ4n) is 10.2. The Balaban J connectivity index is -0.000000218. The second-order valence-electron chi connectivity index (χ2n) is 33.3. The second kappa shape index (κ2) is 71.9. The predicted octanol–water partition coefficient (Wildman–Crippen LogP) is -3.41. The third kappa shape index (κ3) is 94.3. The molecule has 8 atom stereocenters. The fourth-order valence-corrected chi connectivity index (χ4v) is 14.3. The number of rotatable bonds is 56.